The molecule has 1 aliphatic carbocycles. The number of nitrogens with zero attached hydrogens (tertiary/aromatic N) is 3. The van der Waals surface area contributed by atoms with E-state index in [0.717, 1.165) is 39.1 Å². The maximum atomic E-state index is 12.7. The summed E-state index contributed by atoms with van der Waals surface area (Å²) in [7, 11) is 0. The molecule has 1 heterocycles. The summed E-state index contributed by atoms with van der Waals surface area (Å²) in [6.45, 7) is 8.99. The topological polar surface area (TPSA) is 59.4 Å². The van der Waals surface area contributed by atoms with Gasteiger partial charge in [0.15, 0.2) is 0 Å². The van der Waals surface area contributed by atoms with Crippen molar-refractivity contribution in [3.8, 4) is 6.07 Å². The maximum Gasteiger partial charge on any atom is 0.237 e. The number of benzene rings is 1. The van der Waals surface area contributed by atoms with Gasteiger partial charge >= 0.3 is 0 Å². The predicted molar refractivity (Wildman–Crippen MR) is 107 cm³/mol. The van der Waals surface area contributed by atoms with Gasteiger partial charge in [0.2, 0.25) is 5.91 Å². The average Bonchev–Trinajstić information content (AvgIpc) is 2.70. The summed E-state index contributed by atoms with van der Waals surface area (Å²) in [5.74, 6) is 0.786. The molecule has 0 aromatic heterocycles. The molecule has 0 bridgehead atoms. The minimum absolute atomic E-state index is 0.0591. The van der Waals surface area contributed by atoms with Crippen molar-refractivity contribution in [2.24, 2.45) is 5.92 Å². The molecular weight excluding hydrogens is 336 g/mol. The highest BCUT2D eigenvalue weighted by atomic mass is 16.2. The molecule has 146 valence electrons. The first-order valence-corrected chi connectivity index (χ1v) is 10.3. The second-order valence-corrected chi connectivity index (χ2v) is 8.17. The van der Waals surface area contributed by atoms with Crippen LogP contribution in [0.3, 0.4) is 0 Å². The van der Waals surface area contributed by atoms with Gasteiger partial charge in [0.25, 0.3) is 0 Å². The summed E-state index contributed by atoms with van der Waals surface area (Å²) in [6.07, 6.45) is 4.88. The van der Waals surface area contributed by atoms with E-state index >= 15 is 0 Å². The second kappa shape index (κ2) is 9.34. The van der Waals surface area contributed by atoms with Gasteiger partial charge in [-0.05, 0) is 43.4 Å². The zero-order valence-corrected chi connectivity index (χ0v) is 16.7. The number of hydrogen-bond donors (Lipinski definition) is 1. The van der Waals surface area contributed by atoms with E-state index in [1.807, 2.05) is 31.2 Å². The Morgan fingerprint density at radius 3 is 2.48 bits per heavy atom. The third-order valence-electron chi connectivity index (χ3n) is 6.26. The smallest absolute Gasteiger partial charge is 0.237 e. The van der Waals surface area contributed by atoms with Crippen LogP contribution in [0.4, 0.5) is 0 Å². The minimum atomic E-state index is -0.0591. The van der Waals surface area contributed by atoms with E-state index in [1.165, 1.54) is 24.8 Å². The fraction of sp³-hybridized carbons (Fsp3) is 0.636. The van der Waals surface area contributed by atoms with E-state index in [1.54, 1.807) is 0 Å². The molecule has 3 rings (SSSR count). The van der Waals surface area contributed by atoms with Crippen molar-refractivity contribution in [3.63, 3.8) is 0 Å². The maximum absolute atomic E-state index is 12.7. The highest BCUT2D eigenvalue weighted by Crippen LogP contribution is 2.24. The van der Waals surface area contributed by atoms with Crippen LogP contribution in [-0.2, 0) is 11.3 Å². The van der Waals surface area contributed by atoms with Crippen LogP contribution in [0.5, 0.6) is 0 Å². The second-order valence-electron chi connectivity index (χ2n) is 8.17. The molecule has 2 fully saturated rings. The van der Waals surface area contributed by atoms with Crippen LogP contribution in [0.2, 0.25) is 0 Å². The molecule has 5 nitrogen and oxygen atoms in total. The molecule has 1 aromatic carbocycles. The third kappa shape index (κ3) is 5.31. The molecule has 0 unspecified atom stereocenters. The molecule has 5 heteroatoms. The Balaban J connectivity index is 1.44. The summed E-state index contributed by atoms with van der Waals surface area (Å²) in [4.78, 5) is 17.4. The molecule has 1 saturated carbocycles. The van der Waals surface area contributed by atoms with Crippen LogP contribution in [0.25, 0.3) is 0 Å². The molecule has 1 amide bonds. The van der Waals surface area contributed by atoms with Crippen LogP contribution in [-0.4, -0.2) is 54.0 Å². The van der Waals surface area contributed by atoms with Crippen molar-refractivity contribution in [1.29, 1.82) is 5.26 Å². The Morgan fingerprint density at radius 1 is 1.19 bits per heavy atom. The standard InChI is InChI=1S/C22H32N4O/c1-17-5-3-4-6-21(17)24-22(27)18(2)26-13-11-25(12-14-26)16-20-9-7-19(15-23)8-10-20/h7-10,17-18,21H,3-6,11-14,16H2,1-2H3,(H,24,27)/t17-,18+,21+/m0/s1. The molecule has 1 saturated heterocycles. The van der Waals surface area contributed by atoms with E-state index in [2.05, 4.69) is 28.1 Å². The molecule has 1 aromatic rings. The Bertz CT molecular complexity index is 658. The van der Waals surface area contributed by atoms with Gasteiger partial charge < -0.3 is 5.32 Å². The van der Waals surface area contributed by atoms with Gasteiger partial charge in [-0.3, -0.25) is 14.6 Å². The van der Waals surface area contributed by atoms with Gasteiger partial charge in [-0.25, -0.2) is 0 Å². The molecule has 0 radical (unpaired) electrons. The zero-order valence-electron chi connectivity index (χ0n) is 16.7. The molecule has 2 aliphatic rings. The largest absolute Gasteiger partial charge is 0.352 e. The first-order chi connectivity index (χ1) is 13.1. The van der Waals surface area contributed by atoms with E-state index in [9.17, 15) is 4.79 Å². The van der Waals surface area contributed by atoms with Crippen LogP contribution in [0.15, 0.2) is 24.3 Å². The Morgan fingerprint density at radius 2 is 1.85 bits per heavy atom. The first-order valence-electron chi connectivity index (χ1n) is 10.3. The number of nitrogens with one attached hydrogen (secondary N) is 1. The van der Waals surface area contributed by atoms with E-state index < -0.39 is 0 Å². The quantitative estimate of drug-likeness (QED) is 0.868. The van der Waals surface area contributed by atoms with Gasteiger partial charge in [-0.1, -0.05) is 31.9 Å². The number of nitriles is 1. The third-order valence-corrected chi connectivity index (χ3v) is 6.26. The zero-order chi connectivity index (χ0) is 19.2. The minimum Gasteiger partial charge on any atom is -0.352 e. The number of rotatable bonds is 5. The Kier molecular flexibility index (Phi) is 6.87. The highest BCUT2D eigenvalue weighted by molar-refractivity contribution is 5.81. The monoisotopic (exact) mass is 368 g/mol. The number of piperazine rings is 1. The molecule has 0 spiro atoms. The van der Waals surface area contributed by atoms with Crippen molar-refractivity contribution in [2.75, 3.05) is 26.2 Å². The average molecular weight is 369 g/mol. The summed E-state index contributed by atoms with van der Waals surface area (Å²) in [5, 5.41) is 12.2. The van der Waals surface area contributed by atoms with Crippen molar-refractivity contribution in [2.45, 2.75) is 58.2 Å². The lowest BCUT2D eigenvalue weighted by molar-refractivity contribution is -0.127. The van der Waals surface area contributed by atoms with Gasteiger partial charge in [-0.2, -0.15) is 5.26 Å². The fourth-order valence-electron chi connectivity index (χ4n) is 4.25. The predicted octanol–water partition coefficient (Wildman–Crippen LogP) is 2.76. The molecular formula is C22H32N4O. The summed E-state index contributed by atoms with van der Waals surface area (Å²) < 4.78 is 0. The summed E-state index contributed by atoms with van der Waals surface area (Å²) in [5.41, 5.74) is 1.94. The molecule has 3 atom stereocenters. The lowest BCUT2D eigenvalue weighted by atomic mass is 9.86. The van der Waals surface area contributed by atoms with Crippen LogP contribution in [0, 0.1) is 17.2 Å². The van der Waals surface area contributed by atoms with E-state index in [0.29, 0.717) is 17.5 Å². The summed E-state index contributed by atoms with van der Waals surface area (Å²) >= 11 is 0. The van der Waals surface area contributed by atoms with Crippen molar-refractivity contribution < 1.29 is 4.79 Å². The SMILES string of the molecule is C[C@H](C(=O)N[C@@H]1CCCC[C@@H]1C)N1CCN(Cc2ccc(C#N)cc2)CC1. The van der Waals surface area contributed by atoms with E-state index in [-0.39, 0.29) is 11.9 Å². The molecule has 27 heavy (non-hydrogen) atoms. The lowest BCUT2D eigenvalue weighted by Crippen LogP contribution is -2.55. The van der Waals surface area contributed by atoms with Gasteiger partial charge in [0.1, 0.15) is 0 Å². The van der Waals surface area contributed by atoms with Gasteiger partial charge in [0, 0.05) is 38.8 Å². The first kappa shape index (κ1) is 19.9. The number of hydrogen-bond acceptors (Lipinski definition) is 4. The highest BCUT2D eigenvalue weighted by Gasteiger charge is 2.29. The van der Waals surface area contributed by atoms with E-state index in [4.69, 9.17) is 5.26 Å². The van der Waals surface area contributed by atoms with Crippen LogP contribution in [0.1, 0.15) is 50.7 Å². The van der Waals surface area contributed by atoms with Crippen LogP contribution < -0.4 is 5.32 Å². The Hall–Kier alpha value is -1.90. The van der Waals surface area contributed by atoms with Crippen LogP contribution >= 0.6 is 0 Å². The fourth-order valence-corrected chi connectivity index (χ4v) is 4.25. The molecule has 1 N–H and O–H groups in total. The van der Waals surface area contributed by atoms with Crippen molar-refractivity contribution in [1.82, 2.24) is 15.1 Å². The van der Waals surface area contributed by atoms with Crippen molar-refractivity contribution >= 4 is 5.91 Å². The normalized spacial score (nSPS) is 25.5. The van der Waals surface area contributed by atoms with Gasteiger partial charge in [-0.15, -0.1) is 0 Å². The number of carbonyl (C=O) groups excluding carboxylic acids is 1. The Labute approximate surface area is 163 Å². The summed E-state index contributed by atoms with van der Waals surface area (Å²) in [6, 6.07) is 10.3. The number of carbonyl (C=O) groups is 1. The van der Waals surface area contributed by atoms with Crippen molar-refractivity contribution in [3.05, 3.63) is 35.4 Å². The lowest BCUT2D eigenvalue weighted by Gasteiger charge is -2.38. The molecule has 1 aliphatic heterocycles. The van der Waals surface area contributed by atoms with Gasteiger partial charge in [0.05, 0.1) is 17.7 Å². The number of amides is 1.